The number of benzene rings is 1. The summed E-state index contributed by atoms with van der Waals surface area (Å²) >= 11 is 3.33. The van der Waals surface area contributed by atoms with Crippen LogP contribution in [0.2, 0.25) is 0 Å². The van der Waals surface area contributed by atoms with E-state index in [1.54, 1.807) is 23.1 Å². The van der Waals surface area contributed by atoms with Gasteiger partial charge in [-0.2, -0.15) is 0 Å². The van der Waals surface area contributed by atoms with Crippen LogP contribution in [0, 0.1) is 5.92 Å². The van der Waals surface area contributed by atoms with Crippen LogP contribution in [0.3, 0.4) is 0 Å². The van der Waals surface area contributed by atoms with Gasteiger partial charge in [0, 0.05) is 29.3 Å². The van der Waals surface area contributed by atoms with Gasteiger partial charge in [-0.1, -0.05) is 29.8 Å². The first-order valence-electron chi connectivity index (χ1n) is 9.22. The highest BCUT2D eigenvalue weighted by atomic mass is 79.9. The second-order valence-electron chi connectivity index (χ2n) is 7.13. The Kier molecular flexibility index (Phi) is 7.68. The molecule has 0 saturated carbocycles. The Morgan fingerprint density at radius 3 is 2.71 bits per heavy atom. The number of nitrogen functional groups attached to an aromatic ring is 1. The molecule has 1 saturated heterocycles. The maximum Gasteiger partial charge on any atom is 0.407 e. The molecule has 1 heterocycles. The largest absolute Gasteiger partial charge is 0.453 e. The molecule has 154 valence electrons. The molecular formula is C19H27BrN4O4. The van der Waals surface area contributed by atoms with E-state index in [0.29, 0.717) is 24.3 Å². The van der Waals surface area contributed by atoms with Crippen molar-refractivity contribution in [3.63, 3.8) is 0 Å². The van der Waals surface area contributed by atoms with Gasteiger partial charge in [0.15, 0.2) is 0 Å². The summed E-state index contributed by atoms with van der Waals surface area (Å²) < 4.78 is 5.39. The summed E-state index contributed by atoms with van der Waals surface area (Å²) in [7, 11) is 1.26. The highest BCUT2D eigenvalue weighted by Crippen LogP contribution is 2.21. The molecule has 1 aliphatic heterocycles. The molecule has 2 unspecified atom stereocenters. The normalized spacial score (nSPS) is 17.3. The Labute approximate surface area is 173 Å². The number of nitrogens with one attached hydrogen (secondary N) is 2. The highest BCUT2D eigenvalue weighted by Gasteiger charge is 2.35. The van der Waals surface area contributed by atoms with E-state index < -0.39 is 12.1 Å². The molecule has 2 rings (SSSR count). The number of carbonyl (C=O) groups excluding carboxylic acids is 3. The first-order chi connectivity index (χ1) is 13.2. The lowest BCUT2D eigenvalue weighted by Gasteiger charge is -2.31. The number of alkyl carbamates (subject to hydrolysis) is 1. The number of methoxy groups -OCH3 is 1. The zero-order valence-corrected chi connectivity index (χ0v) is 17.9. The van der Waals surface area contributed by atoms with Gasteiger partial charge in [0.2, 0.25) is 5.91 Å². The fraction of sp³-hybridized carbons (Fsp3) is 0.526. The van der Waals surface area contributed by atoms with Crippen LogP contribution >= 0.6 is 15.9 Å². The topological polar surface area (TPSA) is 114 Å². The molecule has 4 N–H and O–H groups in total. The molecule has 1 aromatic rings. The number of anilines is 1. The number of halogens is 1. The van der Waals surface area contributed by atoms with Crippen LogP contribution in [0.25, 0.3) is 0 Å². The van der Waals surface area contributed by atoms with Gasteiger partial charge >= 0.3 is 6.09 Å². The van der Waals surface area contributed by atoms with E-state index in [9.17, 15) is 14.4 Å². The number of carbonyl (C=O) groups is 3. The molecule has 3 amide bonds. The fourth-order valence-corrected chi connectivity index (χ4v) is 3.61. The van der Waals surface area contributed by atoms with Gasteiger partial charge < -0.3 is 26.0 Å². The van der Waals surface area contributed by atoms with Crippen molar-refractivity contribution in [2.24, 2.45) is 5.92 Å². The molecule has 1 aromatic carbocycles. The molecule has 9 heteroatoms. The standard InChI is InChI=1S/C19H27BrN4O4/c1-11(2)16(23-19(27)28-3)18(26)24-8-4-5-13(24)10-22-17(25)14-9-12(20)6-7-15(14)21/h6-7,9,11,13,16H,4-5,8,10,21H2,1-3H3,(H,22,25)(H,23,27). The Morgan fingerprint density at radius 1 is 1.36 bits per heavy atom. The molecule has 0 aliphatic carbocycles. The van der Waals surface area contributed by atoms with Crippen molar-refractivity contribution in [2.45, 2.75) is 38.8 Å². The molecule has 0 bridgehead atoms. The summed E-state index contributed by atoms with van der Waals surface area (Å²) in [6.07, 6.45) is 0.985. The molecule has 0 radical (unpaired) electrons. The van der Waals surface area contributed by atoms with Crippen LogP contribution in [0.4, 0.5) is 10.5 Å². The van der Waals surface area contributed by atoms with Gasteiger partial charge in [0.1, 0.15) is 6.04 Å². The van der Waals surface area contributed by atoms with Gasteiger partial charge in [-0.25, -0.2) is 4.79 Å². The second kappa shape index (κ2) is 9.77. The third-order valence-electron chi connectivity index (χ3n) is 4.81. The number of nitrogens with two attached hydrogens (primary N) is 1. The Morgan fingerprint density at radius 2 is 2.07 bits per heavy atom. The maximum atomic E-state index is 13.0. The van der Waals surface area contributed by atoms with Gasteiger partial charge in [-0.05, 0) is 37.0 Å². The number of hydrogen-bond acceptors (Lipinski definition) is 5. The van der Waals surface area contributed by atoms with Crippen molar-refractivity contribution in [2.75, 3.05) is 25.9 Å². The average Bonchev–Trinajstić information content (AvgIpc) is 3.13. The van der Waals surface area contributed by atoms with E-state index >= 15 is 0 Å². The summed E-state index contributed by atoms with van der Waals surface area (Å²) in [6.45, 7) is 4.63. The third-order valence-corrected chi connectivity index (χ3v) is 5.30. The highest BCUT2D eigenvalue weighted by molar-refractivity contribution is 9.10. The number of likely N-dealkylation sites (tertiary alicyclic amines) is 1. The van der Waals surface area contributed by atoms with E-state index in [0.717, 1.165) is 17.3 Å². The number of amides is 3. The molecule has 0 aromatic heterocycles. The van der Waals surface area contributed by atoms with Crippen molar-refractivity contribution in [1.29, 1.82) is 0 Å². The number of ether oxygens (including phenoxy) is 1. The van der Waals surface area contributed by atoms with Crippen molar-refractivity contribution < 1.29 is 19.1 Å². The van der Waals surface area contributed by atoms with Crippen molar-refractivity contribution >= 4 is 39.5 Å². The number of rotatable bonds is 6. The monoisotopic (exact) mass is 454 g/mol. The van der Waals surface area contributed by atoms with Crippen LogP contribution < -0.4 is 16.4 Å². The molecule has 28 heavy (non-hydrogen) atoms. The minimum Gasteiger partial charge on any atom is -0.453 e. The minimum absolute atomic E-state index is 0.0936. The minimum atomic E-state index is -0.676. The van der Waals surface area contributed by atoms with Crippen LogP contribution in [-0.2, 0) is 9.53 Å². The molecule has 1 aliphatic rings. The van der Waals surface area contributed by atoms with Crippen molar-refractivity contribution in [3.05, 3.63) is 28.2 Å². The van der Waals surface area contributed by atoms with E-state index in [1.807, 2.05) is 13.8 Å². The van der Waals surface area contributed by atoms with E-state index in [4.69, 9.17) is 5.73 Å². The predicted molar refractivity (Wildman–Crippen MR) is 110 cm³/mol. The summed E-state index contributed by atoms with van der Waals surface area (Å²) in [6, 6.07) is 4.28. The summed E-state index contributed by atoms with van der Waals surface area (Å²) in [4.78, 5) is 38.8. The summed E-state index contributed by atoms with van der Waals surface area (Å²) in [5, 5.41) is 5.47. The summed E-state index contributed by atoms with van der Waals surface area (Å²) in [5.74, 6) is -0.547. The SMILES string of the molecule is COC(=O)NC(C(=O)N1CCCC1CNC(=O)c1cc(Br)ccc1N)C(C)C. The van der Waals surface area contributed by atoms with Gasteiger partial charge in [0.05, 0.1) is 12.7 Å². The van der Waals surface area contributed by atoms with Crippen molar-refractivity contribution in [3.8, 4) is 0 Å². The lowest BCUT2D eigenvalue weighted by Crippen LogP contribution is -2.54. The number of hydrogen-bond donors (Lipinski definition) is 3. The smallest absolute Gasteiger partial charge is 0.407 e. The van der Waals surface area contributed by atoms with E-state index in [2.05, 4.69) is 31.3 Å². The molecule has 2 atom stereocenters. The first-order valence-corrected chi connectivity index (χ1v) is 10.0. The first kappa shape index (κ1) is 22.0. The second-order valence-corrected chi connectivity index (χ2v) is 8.04. The van der Waals surface area contributed by atoms with Crippen LogP contribution in [0.1, 0.15) is 37.0 Å². The molecular weight excluding hydrogens is 428 g/mol. The van der Waals surface area contributed by atoms with Crippen LogP contribution in [0.15, 0.2) is 22.7 Å². The zero-order chi connectivity index (χ0) is 20.8. The quantitative estimate of drug-likeness (QED) is 0.569. The number of nitrogens with zero attached hydrogens (tertiary/aromatic N) is 1. The van der Waals surface area contributed by atoms with Crippen molar-refractivity contribution in [1.82, 2.24) is 15.5 Å². The lowest BCUT2D eigenvalue weighted by atomic mass is 10.0. The molecule has 0 spiro atoms. The summed E-state index contributed by atoms with van der Waals surface area (Å²) in [5.41, 5.74) is 6.66. The van der Waals surface area contributed by atoms with Gasteiger partial charge in [0.25, 0.3) is 5.91 Å². The van der Waals surface area contributed by atoms with Crippen LogP contribution in [-0.4, -0.2) is 55.1 Å². The lowest BCUT2D eigenvalue weighted by molar-refractivity contribution is -0.135. The molecule has 1 fully saturated rings. The Bertz CT molecular complexity index is 741. The molecule has 8 nitrogen and oxygen atoms in total. The average molecular weight is 455 g/mol. The zero-order valence-electron chi connectivity index (χ0n) is 16.3. The van der Waals surface area contributed by atoms with Crippen LogP contribution in [0.5, 0.6) is 0 Å². The predicted octanol–water partition coefficient (Wildman–Crippen LogP) is 2.13. The van der Waals surface area contributed by atoms with E-state index in [-0.39, 0.29) is 23.8 Å². The van der Waals surface area contributed by atoms with E-state index in [1.165, 1.54) is 7.11 Å². The Hall–Kier alpha value is -2.29. The third kappa shape index (κ3) is 5.37. The Balaban J connectivity index is 2.03. The fourth-order valence-electron chi connectivity index (χ4n) is 3.25. The van der Waals surface area contributed by atoms with Gasteiger partial charge in [-0.15, -0.1) is 0 Å². The van der Waals surface area contributed by atoms with Gasteiger partial charge in [-0.3, -0.25) is 9.59 Å². The maximum absolute atomic E-state index is 13.0.